The summed E-state index contributed by atoms with van der Waals surface area (Å²) in [6.45, 7) is -0.962. The summed E-state index contributed by atoms with van der Waals surface area (Å²) in [5, 5.41) is 14.1. The summed E-state index contributed by atoms with van der Waals surface area (Å²) < 4.78 is 32.8. The van der Waals surface area contributed by atoms with Gasteiger partial charge in [0.05, 0.1) is 17.5 Å². The van der Waals surface area contributed by atoms with Crippen molar-refractivity contribution in [2.45, 2.75) is 43.8 Å². The Balaban J connectivity index is 1.38. The van der Waals surface area contributed by atoms with Gasteiger partial charge >= 0.3 is 6.61 Å². The molecule has 0 saturated carbocycles. The molecule has 4 aromatic rings. The number of nitrogens with one attached hydrogen (secondary N) is 1. The summed E-state index contributed by atoms with van der Waals surface area (Å²) >= 11 is 0. The number of imidazole rings is 1. The number of ether oxygens (including phenoxy) is 1. The van der Waals surface area contributed by atoms with Crippen molar-refractivity contribution in [3.8, 4) is 16.9 Å². The largest absolute Gasteiger partial charge is 0.435 e. The zero-order valence-corrected chi connectivity index (χ0v) is 18.9. The lowest BCUT2D eigenvalue weighted by Gasteiger charge is -2.21. The highest BCUT2D eigenvalue weighted by atomic mass is 19.3. The van der Waals surface area contributed by atoms with Crippen LogP contribution in [-0.4, -0.2) is 44.2 Å². The van der Waals surface area contributed by atoms with Gasteiger partial charge in [0.15, 0.2) is 0 Å². The van der Waals surface area contributed by atoms with Crippen LogP contribution >= 0.6 is 0 Å². The fraction of sp³-hybridized carbons (Fsp3) is 0.346. The first kappa shape index (κ1) is 22.1. The number of hydrogen-bond acceptors (Lipinski definition) is 6. The molecule has 2 aliphatic rings. The number of aliphatic hydroxyl groups excluding tert-OH is 1. The van der Waals surface area contributed by atoms with Gasteiger partial charge in [0, 0.05) is 47.1 Å². The van der Waals surface area contributed by atoms with E-state index in [9.17, 15) is 13.9 Å². The Morgan fingerprint density at radius 2 is 1.80 bits per heavy atom. The number of para-hydroxylation sites is 1. The number of piperidine rings is 1. The predicted molar refractivity (Wildman–Crippen MR) is 126 cm³/mol. The Labute approximate surface area is 200 Å². The molecule has 7 nitrogen and oxygen atoms in total. The molecule has 0 unspecified atom stereocenters. The maximum Gasteiger partial charge on any atom is 0.387 e. The van der Waals surface area contributed by atoms with Gasteiger partial charge in [-0.1, -0.05) is 18.2 Å². The van der Waals surface area contributed by atoms with Crippen LogP contribution in [-0.2, 0) is 0 Å². The molecule has 0 spiro atoms. The van der Waals surface area contributed by atoms with Crippen molar-refractivity contribution in [3.63, 3.8) is 0 Å². The summed E-state index contributed by atoms with van der Waals surface area (Å²) in [6, 6.07) is 10.6. The number of hydrogen-bond donors (Lipinski definition) is 2. The number of aromatic nitrogens is 4. The first-order valence-electron chi connectivity index (χ1n) is 11.8. The number of aliphatic hydroxyl groups is 1. The average molecular weight is 478 g/mol. The Morgan fingerprint density at radius 3 is 2.57 bits per heavy atom. The number of benzene rings is 1. The molecule has 1 aliphatic carbocycles. The number of halogens is 2. The molecule has 3 aromatic heterocycles. The summed E-state index contributed by atoms with van der Waals surface area (Å²) in [6.07, 6.45) is 7.28. The van der Waals surface area contributed by atoms with Crippen LogP contribution in [0.15, 0.2) is 55.0 Å². The molecule has 2 atom stereocenters. The Morgan fingerprint density at radius 1 is 1.03 bits per heavy atom. The quantitative estimate of drug-likeness (QED) is 0.443. The number of fused-ring (bicyclic) bond motifs is 3. The molecule has 9 heteroatoms. The first-order valence-corrected chi connectivity index (χ1v) is 11.8. The Bertz CT molecular complexity index is 1350. The minimum absolute atomic E-state index is 0.112. The van der Waals surface area contributed by atoms with E-state index in [-0.39, 0.29) is 11.7 Å². The van der Waals surface area contributed by atoms with Crippen molar-refractivity contribution in [1.82, 2.24) is 24.7 Å². The van der Waals surface area contributed by atoms with Crippen LogP contribution in [0.5, 0.6) is 5.75 Å². The van der Waals surface area contributed by atoms with Crippen LogP contribution < -0.4 is 10.1 Å². The summed E-state index contributed by atoms with van der Waals surface area (Å²) in [5.41, 5.74) is 4.42. The molecule has 1 saturated heterocycles. The molecular weight excluding hydrogens is 452 g/mol. The van der Waals surface area contributed by atoms with Crippen LogP contribution in [0.4, 0.5) is 8.78 Å². The van der Waals surface area contributed by atoms with E-state index in [1.165, 1.54) is 6.07 Å². The van der Waals surface area contributed by atoms with Gasteiger partial charge in [-0.2, -0.15) is 8.78 Å². The number of alkyl halides is 2. The van der Waals surface area contributed by atoms with Crippen LogP contribution in [0.3, 0.4) is 0 Å². The lowest BCUT2D eigenvalue weighted by Crippen LogP contribution is -2.27. The topological polar surface area (TPSA) is 84.6 Å². The van der Waals surface area contributed by atoms with Gasteiger partial charge < -0.3 is 19.6 Å². The van der Waals surface area contributed by atoms with Crippen LogP contribution in [0, 0.1) is 0 Å². The van der Waals surface area contributed by atoms with Gasteiger partial charge in [0.1, 0.15) is 17.2 Å². The summed E-state index contributed by atoms with van der Waals surface area (Å²) in [5.74, 6) is 1.03. The molecular formula is C26H25F2N5O2. The molecule has 6 rings (SSSR count). The van der Waals surface area contributed by atoms with E-state index < -0.39 is 12.7 Å². The monoisotopic (exact) mass is 477 g/mol. The minimum atomic E-state index is -2.93. The third-order valence-corrected chi connectivity index (χ3v) is 7.01. The molecule has 180 valence electrons. The third-order valence-electron chi connectivity index (χ3n) is 7.01. The second-order valence-corrected chi connectivity index (χ2v) is 9.10. The zero-order valence-electron chi connectivity index (χ0n) is 18.9. The van der Waals surface area contributed by atoms with Gasteiger partial charge in [-0.15, -0.1) is 0 Å². The summed E-state index contributed by atoms with van der Waals surface area (Å²) in [7, 11) is 0. The maximum absolute atomic E-state index is 13.0. The lowest BCUT2D eigenvalue weighted by molar-refractivity contribution is -0.0505. The second kappa shape index (κ2) is 8.98. The Kier molecular flexibility index (Phi) is 5.66. The normalized spacial score (nSPS) is 20.5. The van der Waals surface area contributed by atoms with Gasteiger partial charge in [0.2, 0.25) is 0 Å². The number of pyridine rings is 1. The second-order valence-electron chi connectivity index (χ2n) is 9.10. The van der Waals surface area contributed by atoms with E-state index in [1.54, 1.807) is 18.2 Å². The van der Waals surface area contributed by atoms with Gasteiger partial charge in [-0.3, -0.25) is 0 Å². The molecule has 35 heavy (non-hydrogen) atoms. The van der Waals surface area contributed by atoms with E-state index in [2.05, 4.69) is 20.3 Å². The SMILES string of the molecule is O[C@@H]1C[C@H](c2ccccc2OC(F)F)c2c1nc1ccc(-c3cnc(C4CCNCC4)nc3)cn21. The third kappa shape index (κ3) is 4.04. The van der Waals surface area contributed by atoms with Crippen molar-refractivity contribution < 1.29 is 18.6 Å². The molecule has 4 heterocycles. The molecule has 1 aliphatic heterocycles. The van der Waals surface area contributed by atoms with E-state index in [0.717, 1.165) is 48.6 Å². The highest BCUT2D eigenvalue weighted by molar-refractivity contribution is 5.64. The van der Waals surface area contributed by atoms with Gasteiger partial charge in [-0.25, -0.2) is 15.0 Å². The number of nitrogens with zero attached hydrogens (tertiary/aromatic N) is 4. The van der Waals surface area contributed by atoms with E-state index in [0.29, 0.717) is 29.2 Å². The van der Waals surface area contributed by atoms with Crippen molar-refractivity contribution in [1.29, 1.82) is 0 Å². The van der Waals surface area contributed by atoms with Gasteiger partial charge in [-0.05, 0) is 50.6 Å². The highest BCUT2D eigenvalue weighted by Gasteiger charge is 2.37. The van der Waals surface area contributed by atoms with Crippen LogP contribution in [0.25, 0.3) is 16.8 Å². The van der Waals surface area contributed by atoms with E-state index in [4.69, 9.17) is 4.74 Å². The fourth-order valence-corrected chi connectivity index (χ4v) is 5.31. The van der Waals surface area contributed by atoms with Crippen molar-refractivity contribution in [3.05, 3.63) is 77.8 Å². The molecule has 0 bridgehead atoms. The van der Waals surface area contributed by atoms with Crippen molar-refractivity contribution >= 4 is 5.65 Å². The maximum atomic E-state index is 13.0. The average Bonchev–Trinajstić information content (AvgIpc) is 3.42. The highest BCUT2D eigenvalue weighted by Crippen LogP contribution is 2.47. The van der Waals surface area contributed by atoms with E-state index >= 15 is 0 Å². The first-order chi connectivity index (χ1) is 17.1. The molecule has 1 aromatic carbocycles. The molecule has 0 amide bonds. The molecule has 1 fully saturated rings. The Hall–Kier alpha value is -3.43. The van der Waals surface area contributed by atoms with Crippen molar-refractivity contribution in [2.24, 2.45) is 0 Å². The van der Waals surface area contributed by atoms with Crippen LogP contribution in [0.2, 0.25) is 0 Å². The smallest absolute Gasteiger partial charge is 0.387 e. The zero-order chi connectivity index (χ0) is 23.9. The van der Waals surface area contributed by atoms with Gasteiger partial charge in [0.25, 0.3) is 0 Å². The predicted octanol–water partition coefficient (Wildman–Crippen LogP) is 4.43. The van der Waals surface area contributed by atoms with Crippen LogP contribution in [0.1, 0.15) is 60.0 Å². The summed E-state index contributed by atoms with van der Waals surface area (Å²) in [4.78, 5) is 13.9. The van der Waals surface area contributed by atoms with E-state index in [1.807, 2.05) is 35.1 Å². The minimum Gasteiger partial charge on any atom is -0.435 e. The molecule has 2 N–H and O–H groups in total. The lowest BCUT2D eigenvalue weighted by atomic mass is 9.95. The number of rotatable bonds is 5. The molecule has 0 radical (unpaired) electrons. The fourth-order valence-electron chi connectivity index (χ4n) is 5.31. The van der Waals surface area contributed by atoms with Crippen molar-refractivity contribution in [2.75, 3.05) is 13.1 Å². The standard InChI is InChI=1S/C26H25F2N5O2/c27-26(28)35-21-4-2-1-3-18(21)19-11-20(34)23-24(19)33-14-16(5-6-22(33)32-23)17-12-30-25(31-13-17)15-7-9-29-10-8-15/h1-6,12-15,19-20,26,29,34H,7-11H2/t19-,20-/m1/s1.